The molecule has 1 heterocycles. The number of rotatable bonds is 3. The predicted molar refractivity (Wildman–Crippen MR) is 77.4 cm³/mol. The van der Waals surface area contributed by atoms with Crippen molar-refractivity contribution < 1.29 is 4.74 Å². The van der Waals surface area contributed by atoms with E-state index in [1.54, 1.807) is 7.11 Å². The molecule has 0 bridgehead atoms. The lowest BCUT2D eigenvalue weighted by molar-refractivity contribution is 0.412. The van der Waals surface area contributed by atoms with E-state index >= 15 is 0 Å². The van der Waals surface area contributed by atoms with Gasteiger partial charge in [-0.3, -0.25) is 4.68 Å². The highest BCUT2D eigenvalue weighted by atomic mass is 79.9. The summed E-state index contributed by atoms with van der Waals surface area (Å²) in [7, 11) is 1.65. The van der Waals surface area contributed by atoms with Crippen LogP contribution >= 0.6 is 47.8 Å². The van der Waals surface area contributed by atoms with Crippen LogP contribution in [0.3, 0.4) is 0 Å². The zero-order chi connectivity index (χ0) is 12.4. The monoisotopic (exact) mass is 422 g/mol. The van der Waals surface area contributed by atoms with Gasteiger partial charge >= 0.3 is 0 Å². The quantitative estimate of drug-likeness (QED) is 0.737. The molecule has 6 heteroatoms. The molecule has 0 radical (unpaired) electrons. The summed E-state index contributed by atoms with van der Waals surface area (Å²) in [5.74, 6) is 0.828. The minimum absolute atomic E-state index is 0.703. The van der Waals surface area contributed by atoms with E-state index in [2.05, 4.69) is 52.9 Å². The zero-order valence-electron chi connectivity index (χ0n) is 8.95. The molecule has 2 aromatic rings. The molecule has 0 saturated heterocycles. The normalized spacial score (nSPS) is 10.6. The molecule has 0 fully saturated rings. The van der Waals surface area contributed by atoms with E-state index in [0.717, 1.165) is 25.0 Å². The van der Waals surface area contributed by atoms with Gasteiger partial charge in [0, 0.05) is 6.07 Å². The number of methoxy groups -OCH3 is 1. The number of nitrogens with zero attached hydrogens (tertiary/aromatic N) is 2. The van der Waals surface area contributed by atoms with Gasteiger partial charge in [0.25, 0.3) is 0 Å². The average molecular weight is 425 g/mol. The van der Waals surface area contributed by atoms with Crippen molar-refractivity contribution in [3.05, 3.63) is 43.5 Å². The number of hydrogen-bond donors (Lipinski definition) is 0. The lowest BCUT2D eigenvalue weighted by Crippen LogP contribution is -2.02. The van der Waals surface area contributed by atoms with E-state index in [1.807, 2.05) is 28.9 Å². The lowest BCUT2D eigenvalue weighted by Gasteiger charge is -2.07. The highest BCUT2D eigenvalue weighted by Gasteiger charge is 2.06. The Morgan fingerprint density at radius 2 is 2.00 bits per heavy atom. The summed E-state index contributed by atoms with van der Waals surface area (Å²) in [6.45, 7) is 0.703. The van der Waals surface area contributed by atoms with Crippen LogP contribution in [0.25, 0.3) is 0 Å². The van der Waals surface area contributed by atoms with Gasteiger partial charge in [0.1, 0.15) is 15.0 Å². The molecule has 0 amide bonds. The first-order valence-corrected chi connectivity index (χ1v) is 7.19. The van der Waals surface area contributed by atoms with Crippen LogP contribution in [0.2, 0.25) is 0 Å². The third-order valence-electron chi connectivity index (χ3n) is 2.25. The Kier molecular flexibility index (Phi) is 4.27. The summed E-state index contributed by atoms with van der Waals surface area (Å²) >= 11 is 10.3. The minimum Gasteiger partial charge on any atom is -0.496 e. The number of aromatic nitrogens is 2. The van der Waals surface area contributed by atoms with Crippen LogP contribution in [-0.4, -0.2) is 16.9 Å². The molecular formula is C11H9Br3N2O. The first-order chi connectivity index (χ1) is 8.10. The third kappa shape index (κ3) is 3.11. The van der Waals surface area contributed by atoms with Crippen molar-refractivity contribution in [2.24, 2.45) is 0 Å². The molecule has 0 saturated carbocycles. The summed E-state index contributed by atoms with van der Waals surface area (Å²) in [4.78, 5) is 0. The Morgan fingerprint density at radius 3 is 2.53 bits per heavy atom. The maximum atomic E-state index is 5.19. The Morgan fingerprint density at radius 1 is 1.24 bits per heavy atom. The van der Waals surface area contributed by atoms with Crippen LogP contribution in [0.4, 0.5) is 0 Å². The summed E-state index contributed by atoms with van der Waals surface area (Å²) in [6, 6.07) is 7.90. The fraction of sp³-hybridized carbons (Fsp3) is 0.182. The van der Waals surface area contributed by atoms with Crippen LogP contribution in [0.5, 0.6) is 5.75 Å². The van der Waals surface area contributed by atoms with Gasteiger partial charge in [-0.15, -0.1) is 0 Å². The largest absolute Gasteiger partial charge is 0.496 e. The molecule has 0 aliphatic carbocycles. The fourth-order valence-corrected chi connectivity index (χ4v) is 3.18. The molecule has 1 aromatic heterocycles. The van der Waals surface area contributed by atoms with E-state index in [1.165, 1.54) is 0 Å². The van der Waals surface area contributed by atoms with Crippen molar-refractivity contribution in [2.75, 3.05) is 7.11 Å². The van der Waals surface area contributed by atoms with Gasteiger partial charge in [0.05, 0.1) is 18.1 Å². The number of hydrogen-bond acceptors (Lipinski definition) is 2. The predicted octanol–water partition coefficient (Wildman–Crippen LogP) is 4.23. The molecule has 0 N–H and O–H groups in total. The van der Waals surface area contributed by atoms with Crippen molar-refractivity contribution in [1.29, 1.82) is 0 Å². The van der Waals surface area contributed by atoms with E-state index in [9.17, 15) is 0 Å². The van der Waals surface area contributed by atoms with Crippen molar-refractivity contribution in [2.45, 2.75) is 6.54 Å². The van der Waals surface area contributed by atoms with Gasteiger partial charge < -0.3 is 4.74 Å². The highest BCUT2D eigenvalue weighted by molar-refractivity contribution is 9.11. The topological polar surface area (TPSA) is 27.1 Å². The second-order valence-electron chi connectivity index (χ2n) is 3.42. The van der Waals surface area contributed by atoms with Gasteiger partial charge in [-0.2, -0.15) is 5.10 Å². The molecule has 17 heavy (non-hydrogen) atoms. The Balaban J connectivity index is 2.24. The van der Waals surface area contributed by atoms with Gasteiger partial charge in [-0.1, -0.05) is 6.07 Å². The van der Waals surface area contributed by atoms with E-state index in [-0.39, 0.29) is 0 Å². The van der Waals surface area contributed by atoms with Crippen LogP contribution < -0.4 is 4.74 Å². The van der Waals surface area contributed by atoms with Gasteiger partial charge in [0.15, 0.2) is 0 Å². The standard InChI is InChI=1S/C11H9Br3N2O/c1-17-9-3-2-7(4-8(9)12)6-16-11(14)5-10(13)15-16/h2-5H,6H2,1H3. The molecule has 3 nitrogen and oxygen atoms in total. The molecule has 0 aliphatic rings. The van der Waals surface area contributed by atoms with Crippen molar-refractivity contribution >= 4 is 47.8 Å². The van der Waals surface area contributed by atoms with Crippen LogP contribution in [0, 0.1) is 0 Å². The minimum atomic E-state index is 0.703. The van der Waals surface area contributed by atoms with Crippen LogP contribution in [0.15, 0.2) is 37.9 Å². The van der Waals surface area contributed by atoms with Gasteiger partial charge in [-0.05, 0) is 65.5 Å². The molecule has 0 atom stereocenters. The van der Waals surface area contributed by atoms with Gasteiger partial charge in [0.2, 0.25) is 0 Å². The Labute approximate surface area is 125 Å². The van der Waals surface area contributed by atoms with E-state index in [0.29, 0.717) is 6.54 Å². The fourth-order valence-electron chi connectivity index (χ4n) is 1.46. The molecule has 0 aliphatic heterocycles. The van der Waals surface area contributed by atoms with E-state index in [4.69, 9.17) is 4.74 Å². The molecule has 0 unspecified atom stereocenters. The smallest absolute Gasteiger partial charge is 0.133 e. The van der Waals surface area contributed by atoms with Crippen LogP contribution in [0.1, 0.15) is 5.56 Å². The second kappa shape index (κ2) is 5.54. The molecule has 0 spiro atoms. The maximum Gasteiger partial charge on any atom is 0.133 e. The van der Waals surface area contributed by atoms with Crippen molar-refractivity contribution in [3.63, 3.8) is 0 Å². The zero-order valence-corrected chi connectivity index (χ0v) is 13.7. The summed E-state index contributed by atoms with van der Waals surface area (Å²) in [5.41, 5.74) is 1.15. The lowest BCUT2D eigenvalue weighted by atomic mass is 10.2. The summed E-state index contributed by atoms with van der Waals surface area (Å²) in [6.07, 6.45) is 0. The Bertz CT molecular complexity index is 540. The molecule has 1 aromatic carbocycles. The first-order valence-electron chi connectivity index (χ1n) is 4.81. The maximum absolute atomic E-state index is 5.19. The number of benzene rings is 1. The number of ether oxygens (including phenoxy) is 1. The molecule has 90 valence electrons. The third-order valence-corrected chi connectivity index (χ3v) is 3.90. The summed E-state index contributed by atoms with van der Waals surface area (Å²) in [5, 5.41) is 4.32. The first kappa shape index (κ1) is 13.1. The van der Waals surface area contributed by atoms with Gasteiger partial charge in [-0.25, -0.2) is 0 Å². The van der Waals surface area contributed by atoms with Crippen molar-refractivity contribution in [1.82, 2.24) is 9.78 Å². The SMILES string of the molecule is COc1ccc(Cn2nc(Br)cc2Br)cc1Br. The van der Waals surface area contributed by atoms with E-state index < -0.39 is 0 Å². The van der Waals surface area contributed by atoms with Crippen LogP contribution in [-0.2, 0) is 6.54 Å². The van der Waals surface area contributed by atoms with Crippen molar-refractivity contribution in [3.8, 4) is 5.75 Å². The molecular weight excluding hydrogens is 416 g/mol. The highest BCUT2D eigenvalue weighted by Crippen LogP contribution is 2.26. The summed E-state index contributed by atoms with van der Waals surface area (Å²) < 4.78 is 9.77. The number of halogens is 3. The second-order valence-corrected chi connectivity index (χ2v) is 5.90. The average Bonchev–Trinajstić information content (AvgIpc) is 2.58. The molecule has 2 rings (SSSR count). The Hall–Kier alpha value is -0.330.